The van der Waals surface area contributed by atoms with E-state index in [1.165, 1.54) is 6.07 Å². The Bertz CT molecular complexity index is 649. The van der Waals surface area contributed by atoms with Crippen LogP contribution in [0.1, 0.15) is 0 Å². The molecule has 0 amide bonds. The number of halogens is 5. The molecule has 1 aromatic carbocycles. The lowest BCUT2D eigenvalue weighted by Gasteiger charge is -2.08. The molecule has 0 radical (unpaired) electrons. The minimum absolute atomic E-state index is 0.250. The van der Waals surface area contributed by atoms with Gasteiger partial charge in [0.15, 0.2) is 23.3 Å². The monoisotopic (exact) mass is 307 g/mol. The molecule has 4 nitrogen and oxygen atoms in total. The van der Waals surface area contributed by atoms with Gasteiger partial charge in [-0.15, -0.1) is 0 Å². The zero-order chi connectivity index (χ0) is 16.2. The number of hydrogen-bond donors (Lipinski definition) is 2. The van der Waals surface area contributed by atoms with Crippen LogP contribution in [0.4, 0.5) is 22.0 Å². The maximum absolute atomic E-state index is 13.4. The van der Waals surface area contributed by atoms with E-state index in [1.54, 1.807) is 0 Å². The third kappa shape index (κ3) is 3.07. The smallest absolute Gasteiger partial charge is 0.290 e. The molecule has 0 unspecified atom stereocenters. The first-order chi connectivity index (χ1) is 9.86. The van der Waals surface area contributed by atoms with Gasteiger partial charge in [-0.05, 0) is 12.1 Å². The zero-order valence-electron chi connectivity index (χ0n) is 9.95. The summed E-state index contributed by atoms with van der Waals surface area (Å²) in [6, 6.07) is 2.26. The van der Waals surface area contributed by atoms with E-state index in [9.17, 15) is 27.1 Å². The molecule has 9 heteroatoms. The van der Waals surface area contributed by atoms with E-state index in [-0.39, 0.29) is 6.47 Å². The summed E-state index contributed by atoms with van der Waals surface area (Å²) in [7, 11) is 0. The largest absolute Gasteiger partial charge is 0.506 e. The maximum Gasteiger partial charge on any atom is 0.290 e. The highest BCUT2D eigenvalue weighted by Crippen LogP contribution is 2.34. The van der Waals surface area contributed by atoms with Crippen LogP contribution < -0.4 is 0 Å². The van der Waals surface area contributed by atoms with Gasteiger partial charge < -0.3 is 10.2 Å². The molecular weight excluding hydrogens is 301 g/mol. The van der Waals surface area contributed by atoms with E-state index in [2.05, 4.69) is 4.98 Å². The molecule has 0 saturated heterocycles. The Morgan fingerprint density at radius 1 is 0.952 bits per heavy atom. The van der Waals surface area contributed by atoms with E-state index in [1.807, 2.05) is 0 Å². The van der Waals surface area contributed by atoms with E-state index >= 15 is 0 Å². The first kappa shape index (κ1) is 16.3. The Kier molecular flexibility index (Phi) is 5.17. The van der Waals surface area contributed by atoms with E-state index in [0.29, 0.717) is 0 Å². The summed E-state index contributed by atoms with van der Waals surface area (Å²) in [5, 5.41) is 16.2. The summed E-state index contributed by atoms with van der Waals surface area (Å²) < 4.78 is 65.5. The van der Waals surface area contributed by atoms with Crippen molar-refractivity contribution >= 4 is 6.47 Å². The first-order valence-electron chi connectivity index (χ1n) is 5.10. The molecule has 2 N–H and O–H groups in total. The van der Waals surface area contributed by atoms with Crippen LogP contribution >= 0.6 is 0 Å². The van der Waals surface area contributed by atoms with Gasteiger partial charge in [-0.25, -0.2) is 22.0 Å². The van der Waals surface area contributed by atoms with Crippen molar-refractivity contribution in [3.8, 4) is 17.0 Å². The van der Waals surface area contributed by atoms with Gasteiger partial charge in [0.1, 0.15) is 11.4 Å². The number of benzene rings is 1. The van der Waals surface area contributed by atoms with Crippen LogP contribution in [-0.4, -0.2) is 21.7 Å². The van der Waals surface area contributed by atoms with Crippen LogP contribution in [0.15, 0.2) is 18.3 Å². The van der Waals surface area contributed by atoms with E-state index < -0.39 is 46.1 Å². The van der Waals surface area contributed by atoms with Crippen molar-refractivity contribution < 1.29 is 37.0 Å². The predicted octanol–water partition coefficient (Wildman–Crippen LogP) is 2.85. The predicted molar refractivity (Wildman–Crippen MR) is 59.8 cm³/mol. The second-order valence-electron chi connectivity index (χ2n) is 3.42. The fraction of sp³-hybridized carbons (Fsp3) is 0. The zero-order valence-corrected chi connectivity index (χ0v) is 9.95. The Morgan fingerprint density at radius 2 is 1.38 bits per heavy atom. The molecule has 1 heterocycles. The number of hydrogen-bond acceptors (Lipinski definition) is 3. The van der Waals surface area contributed by atoms with E-state index in [4.69, 9.17) is 9.90 Å². The number of nitrogens with zero attached hydrogens (tertiary/aromatic N) is 1. The molecule has 2 aromatic rings. The van der Waals surface area contributed by atoms with Gasteiger partial charge >= 0.3 is 0 Å². The highest BCUT2D eigenvalue weighted by Gasteiger charge is 2.28. The van der Waals surface area contributed by atoms with Crippen molar-refractivity contribution in [3.63, 3.8) is 0 Å². The van der Waals surface area contributed by atoms with Gasteiger partial charge in [0.2, 0.25) is 5.82 Å². The fourth-order valence-electron chi connectivity index (χ4n) is 1.40. The summed E-state index contributed by atoms with van der Waals surface area (Å²) in [6.07, 6.45) is 1.05. The highest BCUT2D eigenvalue weighted by atomic mass is 19.2. The first-order valence-corrected chi connectivity index (χ1v) is 5.10. The normalized spacial score (nSPS) is 9.76. The number of aromatic hydroxyl groups is 1. The summed E-state index contributed by atoms with van der Waals surface area (Å²) in [6.45, 7) is -0.250. The molecule has 0 bridgehead atoms. The quantitative estimate of drug-likeness (QED) is 0.368. The number of carboxylic acid groups (broad SMARTS) is 1. The van der Waals surface area contributed by atoms with Gasteiger partial charge in [0.25, 0.3) is 6.47 Å². The van der Waals surface area contributed by atoms with Crippen molar-refractivity contribution in [2.45, 2.75) is 0 Å². The van der Waals surface area contributed by atoms with Crippen molar-refractivity contribution in [3.05, 3.63) is 47.4 Å². The minimum atomic E-state index is -2.26. The molecule has 1 aromatic heterocycles. The molecule has 112 valence electrons. The summed E-state index contributed by atoms with van der Waals surface area (Å²) in [4.78, 5) is 11.8. The molecule has 0 atom stereocenters. The van der Waals surface area contributed by atoms with Gasteiger partial charge in [0.05, 0.1) is 5.56 Å². The summed E-state index contributed by atoms with van der Waals surface area (Å²) in [5.74, 6) is -11.2. The molecule has 2 rings (SSSR count). The number of carbonyl (C=O) groups is 1. The topological polar surface area (TPSA) is 70.4 Å². The molecule has 0 fully saturated rings. The third-order valence-electron chi connectivity index (χ3n) is 2.23. The average molecular weight is 307 g/mol. The van der Waals surface area contributed by atoms with Crippen LogP contribution in [0.3, 0.4) is 0 Å². The second kappa shape index (κ2) is 6.64. The second-order valence-corrected chi connectivity index (χ2v) is 3.42. The van der Waals surface area contributed by atoms with Crippen LogP contribution in [0.5, 0.6) is 5.75 Å². The molecule has 21 heavy (non-hydrogen) atoms. The van der Waals surface area contributed by atoms with Gasteiger partial charge in [-0.1, -0.05) is 0 Å². The molecule has 0 aliphatic carbocycles. The molecule has 0 aliphatic rings. The lowest BCUT2D eigenvalue weighted by molar-refractivity contribution is -0.122. The van der Waals surface area contributed by atoms with Crippen LogP contribution in [0.25, 0.3) is 11.3 Å². The Labute approximate surface area is 114 Å². The third-order valence-corrected chi connectivity index (χ3v) is 2.23. The molecule has 0 aliphatic heterocycles. The van der Waals surface area contributed by atoms with Crippen LogP contribution in [-0.2, 0) is 4.79 Å². The minimum Gasteiger partial charge on any atom is -0.506 e. The molecule has 0 saturated carbocycles. The van der Waals surface area contributed by atoms with Crippen molar-refractivity contribution in [1.29, 1.82) is 0 Å². The van der Waals surface area contributed by atoms with Crippen molar-refractivity contribution in [2.75, 3.05) is 0 Å². The maximum atomic E-state index is 13.4. The number of aromatic nitrogens is 1. The highest BCUT2D eigenvalue weighted by molar-refractivity contribution is 5.67. The number of pyridine rings is 1. The van der Waals surface area contributed by atoms with Crippen LogP contribution in [0, 0.1) is 29.1 Å². The van der Waals surface area contributed by atoms with Gasteiger partial charge in [0, 0.05) is 6.20 Å². The fourth-order valence-corrected chi connectivity index (χ4v) is 1.40. The Hall–Kier alpha value is -2.71. The summed E-state index contributed by atoms with van der Waals surface area (Å²) in [5.41, 5.74) is -1.98. The van der Waals surface area contributed by atoms with Crippen LogP contribution in [0.2, 0.25) is 0 Å². The Morgan fingerprint density at radius 3 is 1.81 bits per heavy atom. The van der Waals surface area contributed by atoms with E-state index in [0.717, 1.165) is 12.3 Å². The number of rotatable bonds is 1. The summed E-state index contributed by atoms with van der Waals surface area (Å²) >= 11 is 0. The molecular formula is C12H6F5NO3. The van der Waals surface area contributed by atoms with Crippen molar-refractivity contribution in [2.24, 2.45) is 0 Å². The van der Waals surface area contributed by atoms with Gasteiger partial charge in [-0.2, -0.15) is 0 Å². The lowest BCUT2D eigenvalue weighted by atomic mass is 10.1. The average Bonchev–Trinajstić information content (AvgIpc) is 2.46. The van der Waals surface area contributed by atoms with Crippen molar-refractivity contribution in [1.82, 2.24) is 4.98 Å². The lowest BCUT2D eigenvalue weighted by Crippen LogP contribution is -2.04. The Balaban J connectivity index is 0.000000677. The standard InChI is InChI=1S/C11H4F5NO.CH2O2/c12-6-5(11-4(18)2-1-3-17-11)7(13)9(15)10(16)8(6)14;2-1-3/h1-3,18H;1H,(H,2,3). The SMILES string of the molecule is O=CO.Oc1cccnc1-c1c(F)c(F)c(F)c(F)c1F. The molecule has 0 spiro atoms. The van der Waals surface area contributed by atoms with Gasteiger partial charge in [-0.3, -0.25) is 9.78 Å².